The molecule has 3 rings (SSSR count). The molecule has 3 heteroatoms. The highest BCUT2D eigenvalue weighted by atomic mass is 32.2. The highest BCUT2D eigenvalue weighted by Crippen LogP contribution is 2.34. The third-order valence-corrected chi connectivity index (χ3v) is 5.34. The summed E-state index contributed by atoms with van der Waals surface area (Å²) in [4.78, 5) is 13.7. The van der Waals surface area contributed by atoms with Gasteiger partial charge in [-0.15, -0.1) is 23.1 Å². The monoisotopic (exact) mass is 286 g/mol. The van der Waals surface area contributed by atoms with Crippen molar-refractivity contribution in [2.24, 2.45) is 0 Å². The van der Waals surface area contributed by atoms with Crippen LogP contribution in [-0.2, 0) is 0 Å². The number of hydrogen-bond donors (Lipinski definition) is 0. The second-order valence-electron chi connectivity index (χ2n) is 4.73. The summed E-state index contributed by atoms with van der Waals surface area (Å²) in [5.41, 5.74) is 0.149. The normalized spacial score (nSPS) is 11.5. The van der Waals surface area contributed by atoms with Crippen molar-refractivity contribution < 1.29 is 0 Å². The average molecular weight is 286 g/mol. The number of hydrogen-bond acceptors (Lipinski definition) is 3. The molecule has 1 aromatic heterocycles. The van der Waals surface area contributed by atoms with E-state index in [1.807, 2.05) is 48.2 Å². The summed E-state index contributed by atoms with van der Waals surface area (Å²) in [5.74, 6) is 0. The van der Waals surface area contributed by atoms with Crippen molar-refractivity contribution in [1.82, 2.24) is 0 Å². The van der Waals surface area contributed by atoms with Crippen molar-refractivity contribution in [3.63, 3.8) is 0 Å². The maximum atomic E-state index is 12.5. The van der Waals surface area contributed by atoms with Crippen LogP contribution >= 0.6 is 23.1 Å². The van der Waals surface area contributed by atoms with Gasteiger partial charge in [-0.25, -0.2) is 0 Å². The maximum Gasteiger partial charge on any atom is 0.195 e. The van der Waals surface area contributed by atoms with E-state index in [9.17, 15) is 4.79 Å². The molecule has 0 saturated heterocycles. The summed E-state index contributed by atoms with van der Waals surface area (Å²) in [6, 6.07) is 13.9. The number of thioether (sulfide) groups is 1. The Balaban J connectivity index is 2.41. The van der Waals surface area contributed by atoms with Gasteiger partial charge in [0.15, 0.2) is 5.43 Å². The molecule has 1 nitrogen and oxygen atoms in total. The quantitative estimate of drug-likeness (QED) is 0.491. The Morgan fingerprint density at radius 1 is 1.00 bits per heavy atom. The Morgan fingerprint density at radius 2 is 1.74 bits per heavy atom. The van der Waals surface area contributed by atoms with E-state index in [1.54, 1.807) is 11.3 Å². The maximum absolute atomic E-state index is 12.5. The lowest BCUT2D eigenvalue weighted by Gasteiger charge is -2.08. The van der Waals surface area contributed by atoms with Crippen LogP contribution in [0.4, 0.5) is 0 Å². The largest absolute Gasteiger partial charge is 0.289 e. The van der Waals surface area contributed by atoms with Crippen LogP contribution in [0.3, 0.4) is 0 Å². The zero-order valence-corrected chi connectivity index (χ0v) is 12.5. The van der Waals surface area contributed by atoms with E-state index in [2.05, 4.69) is 19.9 Å². The Morgan fingerprint density at radius 3 is 2.53 bits per heavy atom. The Labute approximate surface area is 120 Å². The Hall–Kier alpha value is -1.32. The van der Waals surface area contributed by atoms with Gasteiger partial charge in [0.05, 0.1) is 4.70 Å². The second kappa shape index (κ2) is 4.99. The van der Waals surface area contributed by atoms with Crippen LogP contribution < -0.4 is 5.43 Å². The van der Waals surface area contributed by atoms with Crippen LogP contribution in [0, 0.1) is 0 Å². The van der Waals surface area contributed by atoms with E-state index in [4.69, 9.17) is 0 Å². The number of fused-ring (bicyclic) bond motifs is 2. The third-order valence-electron chi connectivity index (χ3n) is 2.93. The smallest absolute Gasteiger partial charge is 0.195 e. The highest BCUT2D eigenvalue weighted by Gasteiger charge is 2.10. The fourth-order valence-electron chi connectivity index (χ4n) is 2.14. The van der Waals surface area contributed by atoms with Gasteiger partial charge < -0.3 is 0 Å². The Kier molecular flexibility index (Phi) is 3.33. The molecule has 0 fully saturated rings. The lowest BCUT2D eigenvalue weighted by Crippen LogP contribution is -2.01. The molecule has 0 aliphatic heterocycles. The van der Waals surface area contributed by atoms with Gasteiger partial charge >= 0.3 is 0 Å². The van der Waals surface area contributed by atoms with Crippen LogP contribution in [0.15, 0.2) is 52.2 Å². The lowest BCUT2D eigenvalue weighted by atomic mass is 10.2. The van der Waals surface area contributed by atoms with Gasteiger partial charge in [0.25, 0.3) is 0 Å². The van der Waals surface area contributed by atoms with Crippen LogP contribution in [0.2, 0.25) is 0 Å². The predicted molar refractivity (Wildman–Crippen MR) is 86.6 cm³/mol. The topological polar surface area (TPSA) is 17.1 Å². The first-order valence-electron chi connectivity index (χ1n) is 6.28. The van der Waals surface area contributed by atoms with Crippen LogP contribution in [0.1, 0.15) is 13.8 Å². The van der Waals surface area contributed by atoms with E-state index in [0.29, 0.717) is 5.25 Å². The minimum absolute atomic E-state index is 0.149. The van der Waals surface area contributed by atoms with Gasteiger partial charge in [-0.2, -0.15) is 0 Å². The predicted octanol–water partition coefficient (Wildman–Crippen LogP) is 4.92. The molecule has 1 heterocycles. The molecule has 0 N–H and O–H groups in total. The molecule has 2 aromatic carbocycles. The van der Waals surface area contributed by atoms with Crippen molar-refractivity contribution in [1.29, 1.82) is 0 Å². The number of rotatable bonds is 2. The first-order chi connectivity index (χ1) is 9.16. The van der Waals surface area contributed by atoms with E-state index < -0.39 is 0 Å². The molecular weight excluding hydrogens is 272 g/mol. The molecule has 0 bridgehead atoms. The van der Waals surface area contributed by atoms with Gasteiger partial charge in [-0.3, -0.25) is 4.79 Å². The van der Waals surface area contributed by atoms with E-state index in [1.165, 1.54) is 4.90 Å². The molecule has 19 heavy (non-hydrogen) atoms. The minimum atomic E-state index is 0.149. The van der Waals surface area contributed by atoms with Gasteiger partial charge in [-0.05, 0) is 24.3 Å². The van der Waals surface area contributed by atoms with E-state index in [-0.39, 0.29) is 5.43 Å². The van der Waals surface area contributed by atoms with Gasteiger partial charge in [0.2, 0.25) is 0 Å². The van der Waals surface area contributed by atoms with Crippen molar-refractivity contribution in [3.8, 4) is 0 Å². The van der Waals surface area contributed by atoms with Crippen LogP contribution in [0.25, 0.3) is 20.2 Å². The molecule has 0 amide bonds. The zero-order chi connectivity index (χ0) is 13.4. The average Bonchev–Trinajstić information content (AvgIpc) is 2.40. The first kappa shape index (κ1) is 12.7. The molecule has 0 spiro atoms. The van der Waals surface area contributed by atoms with Crippen molar-refractivity contribution >= 4 is 43.3 Å². The fourth-order valence-corrected chi connectivity index (χ4v) is 4.37. The number of benzene rings is 2. The first-order valence-corrected chi connectivity index (χ1v) is 7.97. The van der Waals surface area contributed by atoms with Crippen LogP contribution in [-0.4, -0.2) is 5.25 Å². The summed E-state index contributed by atoms with van der Waals surface area (Å²) in [6.07, 6.45) is 0. The fraction of sp³-hybridized carbons (Fsp3) is 0.188. The summed E-state index contributed by atoms with van der Waals surface area (Å²) < 4.78 is 2.18. The Bertz CT molecular complexity index is 803. The van der Waals surface area contributed by atoms with Gasteiger partial charge in [0.1, 0.15) is 0 Å². The van der Waals surface area contributed by atoms with Crippen molar-refractivity contribution in [2.45, 2.75) is 24.0 Å². The molecule has 0 aliphatic rings. The SMILES string of the molecule is CC(C)Sc1cccc2c(=O)c3ccccc3sc12. The second-order valence-corrected chi connectivity index (χ2v) is 7.40. The van der Waals surface area contributed by atoms with Crippen LogP contribution in [0.5, 0.6) is 0 Å². The molecule has 96 valence electrons. The van der Waals surface area contributed by atoms with Gasteiger partial charge in [0, 0.05) is 25.6 Å². The highest BCUT2D eigenvalue weighted by molar-refractivity contribution is 8.00. The molecule has 0 atom stereocenters. The standard InChI is InChI=1S/C16H14OS2/c1-10(2)18-14-9-5-7-12-15(17)11-6-3-4-8-13(11)19-16(12)14/h3-10H,1-2H3. The lowest BCUT2D eigenvalue weighted by molar-refractivity contribution is 1.11. The summed E-state index contributed by atoms with van der Waals surface area (Å²) in [7, 11) is 0. The van der Waals surface area contributed by atoms with Gasteiger partial charge in [-0.1, -0.05) is 32.0 Å². The molecule has 0 unspecified atom stereocenters. The van der Waals surface area contributed by atoms with E-state index in [0.717, 1.165) is 20.2 Å². The van der Waals surface area contributed by atoms with Crippen molar-refractivity contribution in [2.75, 3.05) is 0 Å². The van der Waals surface area contributed by atoms with E-state index >= 15 is 0 Å². The summed E-state index contributed by atoms with van der Waals surface area (Å²) in [5, 5.41) is 2.18. The summed E-state index contributed by atoms with van der Waals surface area (Å²) >= 11 is 3.53. The molecule has 3 aromatic rings. The zero-order valence-electron chi connectivity index (χ0n) is 10.8. The third kappa shape index (κ3) is 2.28. The molecule has 0 aliphatic carbocycles. The molecule has 0 saturated carbocycles. The minimum Gasteiger partial charge on any atom is -0.289 e. The van der Waals surface area contributed by atoms with Crippen molar-refractivity contribution in [3.05, 3.63) is 52.7 Å². The summed E-state index contributed by atoms with van der Waals surface area (Å²) in [6.45, 7) is 4.35. The molecular formula is C16H14OS2. The molecule has 0 radical (unpaired) electrons.